The molecule has 0 saturated heterocycles. The van der Waals surface area contributed by atoms with Gasteiger partial charge in [0.25, 0.3) is 5.91 Å². The van der Waals surface area contributed by atoms with Gasteiger partial charge in [0.2, 0.25) is 0 Å². The molecule has 0 unspecified atom stereocenters. The van der Waals surface area contributed by atoms with Crippen LogP contribution in [0.1, 0.15) is 22.8 Å². The van der Waals surface area contributed by atoms with Crippen LogP contribution in [0.25, 0.3) is 0 Å². The monoisotopic (exact) mass is 442 g/mol. The van der Waals surface area contributed by atoms with Gasteiger partial charge in [0.15, 0.2) is 23.0 Å². The molecule has 0 fully saturated rings. The Hall–Kier alpha value is -3.45. The Bertz CT molecular complexity index is 1040. The van der Waals surface area contributed by atoms with Gasteiger partial charge in [0, 0.05) is 35.3 Å². The van der Waals surface area contributed by atoms with E-state index in [-0.39, 0.29) is 5.91 Å². The van der Waals surface area contributed by atoms with E-state index in [1.165, 1.54) is 13.2 Å². The molecule has 1 aromatic heterocycles. The molecule has 2 aromatic carbocycles. The van der Waals surface area contributed by atoms with Crippen molar-refractivity contribution < 1.29 is 23.7 Å². The van der Waals surface area contributed by atoms with Gasteiger partial charge >= 0.3 is 0 Å². The zero-order valence-corrected chi connectivity index (χ0v) is 18.2. The number of ether oxygens (including phenoxy) is 4. The maximum Gasteiger partial charge on any atom is 0.255 e. The van der Waals surface area contributed by atoms with Crippen LogP contribution in [0.2, 0.25) is 5.02 Å². The van der Waals surface area contributed by atoms with Crippen LogP contribution >= 0.6 is 11.6 Å². The number of amides is 1. The number of nitrogens with zero attached hydrogens (tertiary/aromatic N) is 1. The van der Waals surface area contributed by atoms with Gasteiger partial charge in [-0.1, -0.05) is 17.7 Å². The molecule has 0 saturated carbocycles. The lowest BCUT2D eigenvalue weighted by molar-refractivity contribution is 0.102. The number of methoxy groups -OCH3 is 2. The number of carbonyl (C=O) groups is 1. The highest BCUT2D eigenvalue weighted by molar-refractivity contribution is 6.32. The third-order valence-corrected chi connectivity index (χ3v) is 4.60. The minimum absolute atomic E-state index is 0.293. The molecule has 1 heterocycles. The minimum atomic E-state index is -0.355. The predicted molar refractivity (Wildman–Crippen MR) is 119 cm³/mol. The number of hydrogen-bond donors (Lipinski definition) is 1. The van der Waals surface area contributed by atoms with Gasteiger partial charge in [-0.15, -0.1) is 0 Å². The first-order chi connectivity index (χ1) is 15.0. The fraction of sp³-hybridized carbons (Fsp3) is 0.217. The number of hydrogen-bond acceptors (Lipinski definition) is 6. The van der Waals surface area contributed by atoms with Crippen molar-refractivity contribution in [3.8, 4) is 23.0 Å². The third-order valence-electron chi connectivity index (χ3n) is 4.32. The maximum absolute atomic E-state index is 12.8. The predicted octanol–water partition coefficient (Wildman–Crippen LogP) is 4.98. The molecule has 0 bridgehead atoms. The Balaban J connectivity index is 1.79. The van der Waals surface area contributed by atoms with Gasteiger partial charge in [0.1, 0.15) is 6.61 Å². The summed E-state index contributed by atoms with van der Waals surface area (Å²) in [7, 11) is 3.05. The highest BCUT2D eigenvalue weighted by Crippen LogP contribution is 2.37. The second-order valence-corrected chi connectivity index (χ2v) is 6.80. The van der Waals surface area contributed by atoms with E-state index >= 15 is 0 Å². The Labute approximate surface area is 185 Å². The third kappa shape index (κ3) is 5.58. The molecule has 8 heteroatoms. The van der Waals surface area contributed by atoms with E-state index in [1.807, 2.05) is 19.1 Å². The summed E-state index contributed by atoms with van der Waals surface area (Å²) in [4.78, 5) is 16.9. The fourth-order valence-electron chi connectivity index (χ4n) is 2.85. The number of carbonyl (C=O) groups excluding carboxylic acids is 1. The molecule has 1 amide bonds. The molecule has 0 aliphatic rings. The van der Waals surface area contributed by atoms with E-state index in [1.54, 1.807) is 43.8 Å². The number of rotatable bonds is 9. The molecule has 162 valence electrons. The Kier molecular flexibility index (Phi) is 7.56. The fourth-order valence-corrected chi connectivity index (χ4v) is 3.12. The second kappa shape index (κ2) is 10.5. The summed E-state index contributed by atoms with van der Waals surface area (Å²) in [6.45, 7) is 2.58. The molecule has 3 rings (SSSR count). The summed E-state index contributed by atoms with van der Waals surface area (Å²) in [6.07, 6.45) is 3.42. The van der Waals surface area contributed by atoms with Crippen LogP contribution in [-0.2, 0) is 6.61 Å². The lowest BCUT2D eigenvalue weighted by atomic mass is 10.1. The van der Waals surface area contributed by atoms with Crippen LogP contribution in [0, 0.1) is 0 Å². The van der Waals surface area contributed by atoms with E-state index < -0.39 is 0 Å². The first-order valence-corrected chi connectivity index (χ1v) is 9.95. The molecule has 0 aliphatic heterocycles. The average Bonchev–Trinajstić information content (AvgIpc) is 2.79. The Morgan fingerprint density at radius 3 is 2.52 bits per heavy atom. The number of pyridine rings is 1. The highest BCUT2D eigenvalue weighted by Gasteiger charge is 2.16. The minimum Gasteiger partial charge on any atom is -0.493 e. The van der Waals surface area contributed by atoms with Crippen LogP contribution in [0.4, 0.5) is 5.69 Å². The Morgan fingerprint density at radius 1 is 1.03 bits per heavy atom. The normalized spacial score (nSPS) is 10.3. The SMILES string of the molecule is CCOc1c(Cl)cc(C(=O)Nc2ccc(OC)c(OCc3cccnc3)c2)cc1OC. The number of anilines is 1. The standard InChI is InChI=1S/C23H23ClN2O5/c1-4-30-22-18(24)10-16(11-21(22)29-3)23(27)26-17-7-8-19(28-2)20(12-17)31-14-15-6-5-9-25-13-15/h5-13H,4,14H2,1-3H3,(H,26,27). The zero-order chi connectivity index (χ0) is 22.2. The molecular formula is C23H23ClN2O5. The summed E-state index contributed by atoms with van der Waals surface area (Å²) in [5.74, 6) is 1.47. The van der Waals surface area contributed by atoms with E-state index in [0.717, 1.165) is 5.56 Å². The van der Waals surface area contributed by atoms with E-state index in [0.29, 0.717) is 52.5 Å². The molecule has 0 spiro atoms. The van der Waals surface area contributed by atoms with Gasteiger partial charge in [-0.2, -0.15) is 0 Å². The van der Waals surface area contributed by atoms with Crippen molar-refractivity contribution in [2.45, 2.75) is 13.5 Å². The van der Waals surface area contributed by atoms with E-state index in [4.69, 9.17) is 30.5 Å². The van der Waals surface area contributed by atoms with Crippen LogP contribution in [0.3, 0.4) is 0 Å². The lowest BCUT2D eigenvalue weighted by Gasteiger charge is -2.15. The van der Waals surface area contributed by atoms with E-state index in [2.05, 4.69) is 10.3 Å². The van der Waals surface area contributed by atoms with Gasteiger partial charge < -0.3 is 24.3 Å². The molecule has 0 aliphatic carbocycles. The van der Waals surface area contributed by atoms with Gasteiger partial charge in [-0.25, -0.2) is 0 Å². The summed E-state index contributed by atoms with van der Waals surface area (Å²) >= 11 is 6.28. The van der Waals surface area contributed by atoms with Crippen molar-refractivity contribution in [3.05, 3.63) is 71.0 Å². The number of halogens is 1. The molecular weight excluding hydrogens is 420 g/mol. The van der Waals surface area contributed by atoms with Crippen LogP contribution in [-0.4, -0.2) is 31.7 Å². The van der Waals surface area contributed by atoms with Crippen molar-refractivity contribution in [1.29, 1.82) is 0 Å². The van der Waals surface area contributed by atoms with Crippen molar-refractivity contribution in [1.82, 2.24) is 4.98 Å². The molecule has 7 nitrogen and oxygen atoms in total. The smallest absolute Gasteiger partial charge is 0.255 e. The van der Waals surface area contributed by atoms with Crippen molar-refractivity contribution in [3.63, 3.8) is 0 Å². The van der Waals surface area contributed by atoms with E-state index in [9.17, 15) is 4.79 Å². The van der Waals surface area contributed by atoms with Crippen molar-refractivity contribution >= 4 is 23.2 Å². The zero-order valence-electron chi connectivity index (χ0n) is 17.5. The summed E-state index contributed by atoms with van der Waals surface area (Å²) < 4.78 is 22.0. The summed E-state index contributed by atoms with van der Waals surface area (Å²) in [6, 6.07) is 12.0. The highest BCUT2D eigenvalue weighted by atomic mass is 35.5. The van der Waals surface area contributed by atoms with Gasteiger partial charge in [0.05, 0.1) is 25.8 Å². The second-order valence-electron chi connectivity index (χ2n) is 6.39. The molecule has 0 atom stereocenters. The largest absolute Gasteiger partial charge is 0.493 e. The number of benzene rings is 2. The molecule has 31 heavy (non-hydrogen) atoms. The maximum atomic E-state index is 12.8. The topological polar surface area (TPSA) is 78.9 Å². The van der Waals surface area contributed by atoms with Crippen molar-refractivity contribution in [2.75, 3.05) is 26.1 Å². The van der Waals surface area contributed by atoms with Crippen LogP contribution < -0.4 is 24.3 Å². The van der Waals surface area contributed by atoms with Crippen molar-refractivity contribution in [2.24, 2.45) is 0 Å². The van der Waals surface area contributed by atoms with Crippen LogP contribution in [0.15, 0.2) is 54.9 Å². The average molecular weight is 443 g/mol. The first-order valence-electron chi connectivity index (χ1n) is 9.57. The van der Waals surface area contributed by atoms with Gasteiger partial charge in [-0.05, 0) is 37.3 Å². The van der Waals surface area contributed by atoms with Crippen LogP contribution in [0.5, 0.6) is 23.0 Å². The lowest BCUT2D eigenvalue weighted by Crippen LogP contribution is -2.12. The quantitative estimate of drug-likeness (QED) is 0.503. The number of nitrogens with one attached hydrogen (secondary N) is 1. The number of aromatic nitrogens is 1. The van der Waals surface area contributed by atoms with Gasteiger partial charge in [-0.3, -0.25) is 9.78 Å². The first kappa shape index (κ1) is 22.2. The molecule has 0 radical (unpaired) electrons. The summed E-state index contributed by atoms with van der Waals surface area (Å²) in [5.41, 5.74) is 1.78. The molecule has 3 aromatic rings. The summed E-state index contributed by atoms with van der Waals surface area (Å²) in [5, 5.41) is 3.13. The molecule has 1 N–H and O–H groups in total. The Morgan fingerprint density at radius 2 is 1.84 bits per heavy atom.